The fourth-order valence-corrected chi connectivity index (χ4v) is 8.93. The first kappa shape index (κ1) is 63.3. The molecule has 12 N–H and O–H groups in total. The van der Waals surface area contributed by atoms with Gasteiger partial charge in [0.25, 0.3) is 0 Å². The number of unbranched alkanes of at least 4 members (excludes halogenated alkanes) is 17. The largest absolute Gasteiger partial charge is 0.394 e. The first-order valence-electron chi connectivity index (χ1n) is 26.7. The molecule has 3 fully saturated rings. The molecule has 17 atom stereocenters. The first-order valence-corrected chi connectivity index (χ1v) is 26.7. The minimum Gasteiger partial charge on any atom is -0.394 e. The Balaban J connectivity index is 1.57. The van der Waals surface area contributed by atoms with Gasteiger partial charge in [-0.1, -0.05) is 140 Å². The molecule has 3 rings (SSSR count). The minimum atomic E-state index is -1.98. The van der Waals surface area contributed by atoms with Crippen LogP contribution in [0.4, 0.5) is 0 Å². The summed E-state index contributed by atoms with van der Waals surface area (Å²) >= 11 is 0. The van der Waals surface area contributed by atoms with Crippen molar-refractivity contribution in [2.45, 2.75) is 259 Å². The number of aliphatic hydroxyl groups is 11. The number of rotatable bonds is 37. The van der Waals surface area contributed by atoms with Crippen molar-refractivity contribution in [1.29, 1.82) is 0 Å². The van der Waals surface area contributed by atoms with Gasteiger partial charge in [-0.2, -0.15) is 0 Å². The molecule has 3 aliphatic rings. The number of hydrogen-bond acceptors (Lipinski definition) is 18. The van der Waals surface area contributed by atoms with E-state index in [2.05, 4.69) is 43.5 Å². The zero-order valence-electron chi connectivity index (χ0n) is 42.4. The predicted molar refractivity (Wildman–Crippen MR) is 263 cm³/mol. The van der Waals surface area contributed by atoms with Crippen LogP contribution in [-0.2, 0) is 33.2 Å². The van der Waals surface area contributed by atoms with Crippen LogP contribution in [0.3, 0.4) is 0 Å². The lowest BCUT2D eigenvalue weighted by Crippen LogP contribution is -2.66. The number of ether oxygens (including phenoxy) is 6. The van der Waals surface area contributed by atoms with E-state index in [9.17, 15) is 61.0 Å². The van der Waals surface area contributed by atoms with Crippen molar-refractivity contribution in [3.63, 3.8) is 0 Å². The summed E-state index contributed by atoms with van der Waals surface area (Å²) in [6.07, 6.45) is 8.60. The van der Waals surface area contributed by atoms with Gasteiger partial charge in [0.05, 0.1) is 38.6 Å². The molecule has 414 valence electrons. The molecule has 0 saturated carbocycles. The van der Waals surface area contributed by atoms with Crippen LogP contribution in [0.25, 0.3) is 0 Å². The van der Waals surface area contributed by atoms with Gasteiger partial charge in [-0.3, -0.25) is 4.79 Å². The number of carbonyl (C=O) groups is 1. The Morgan fingerprint density at radius 1 is 0.493 bits per heavy atom. The second kappa shape index (κ2) is 36.9. The van der Waals surface area contributed by atoms with Crippen LogP contribution in [0, 0.1) is 0 Å². The molecule has 0 aromatic heterocycles. The molecule has 71 heavy (non-hydrogen) atoms. The first-order chi connectivity index (χ1) is 34.3. The highest BCUT2D eigenvalue weighted by atomic mass is 16.8. The average molecular weight is 1020 g/mol. The van der Waals surface area contributed by atoms with E-state index >= 15 is 0 Å². The van der Waals surface area contributed by atoms with Gasteiger partial charge >= 0.3 is 0 Å². The Hall–Kier alpha value is -1.99. The summed E-state index contributed by atoms with van der Waals surface area (Å²) < 4.78 is 34.1. The number of hydrogen-bond donors (Lipinski definition) is 12. The summed E-state index contributed by atoms with van der Waals surface area (Å²) in [6.45, 7) is 1.62. The molecular formula is C52H93NO18. The topological polar surface area (TPSA) is 307 Å². The van der Waals surface area contributed by atoms with Gasteiger partial charge in [0.2, 0.25) is 5.91 Å². The predicted octanol–water partition coefficient (Wildman–Crippen LogP) is 2.59. The molecule has 0 radical (unpaired) electrons. The second-order valence-electron chi connectivity index (χ2n) is 19.3. The van der Waals surface area contributed by atoms with Gasteiger partial charge in [-0.15, -0.1) is 0 Å². The van der Waals surface area contributed by atoms with Gasteiger partial charge in [0, 0.05) is 6.42 Å². The number of carbonyl (C=O) groups excluding carboxylic acids is 1. The van der Waals surface area contributed by atoms with Crippen LogP contribution in [0.1, 0.15) is 155 Å². The maximum Gasteiger partial charge on any atom is 0.220 e. The Labute approximate surface area is 421 Å². The Morgan fingerprint density at radius 2 is 0.901 bits per heavy atom. The molecule has 0 aromatic rings. The Kier molecular flexibility index (Phi) is 32.9. The quantitative estimate of drug-likeness (QED) is 0.0314. The fourth-order valence-electron chi connectivity index (χ4n) is 8.93. The molecular weight excluding hydrogens is 927 g/mol. The van der Waals surface area contributed by atoms with Crippen LogP contribution in [0.15, 0.2) is 36.5 Å². The van der Waals surface area contributed by atoms with Crippen molar-refractivity contribution in [2.75, 3.05) is 26.4 Å². The zero-order chi connectivity index (χ0) is 52.0. The monoisotopic (exact) mass is 1020 g/mol. The van der Waals surface area contributed by atoms with Crippen LogP contribution in [0.5, 0.6) is 0 Å². The molecule has 0 bridgehead atoms. The fraction of sp³-hybridized carbons (Fsp3) is 0.865. The lowest BCUT2D eigenvalue weighted by atomic mass is 9.96. The highest BCUT2D eigenvalue weighted by Gasteiger charge is 2.53. The third-order valence-electron chi connectivity index (χ3n) is 13.4. The van der Waals surface area contributed by atoms with Crippen LogP contribution < -0.4 is 5.32 Å². The summed E-state index contributed by atoms with van der Waals surface area (Å²) in [5.41, 5.74) is 0. The van der Waals surface area contributed by atoms with E-state index in [1.54, 1.807) is 6.08 Å². The van der Waals surface area contributed by atoms with Crippen molar-refractivity contribution < 1.29 is 89.4 Å². The molecule has 19 heteroatoms. The third kappa shape index (κ3) is 22.4. The van der Waals surface area contributed by atoms with Gasteiger partial charge < -0.3 is 89.9 Å². The molecule has 0 aromatic carbocycles. The zero-order valence-corrected chi connectivity index (χ0v) is 42.4. The van der Waals surface area contributed by atoms with Crippen molar-refractivity contribution in [2.24, 2.45) is 0 Å². The summed E-state index contributed by atoms with van der Waals surface area (Å²) in [6, 6.07) is -0.990. The highest BCUT2D eigenvalue weighted by molar-refractivity contribution is 5.76. The van der Waals surface area contributed by atoms with Crippen molar-refractivity contribution in [3.8, 4) is 0 Å². The summed E-state index contributed by atoms with van der Waals surface area (Å²) in [5.74, 6) is -0.293. The van der Waals surface area contributed by atoms with Gasteiger partial charge in [0.1, 0.15) is 73.2 Å². The number of nitrogens with one attached hydrogen (secondary N) is 1. The normalized spacial score (nSPS) is 32.5. The van der Waals surface area contributed by atoms with E-state index in [-0.39, 0.29) is 18.9 Å². The lowest BCUT2D eigenvalue weighted by molar-refractivity contribution is -0.379. The number of amides is 1. The second-order valence-corrected chi connectivity index (χ2v) is 19.3. The van der Waals surface area contributed by atoms with E-state index in [0.29, 0.717) is 12.8 Å². The maximum absolute atomic E-state index is 13.2. The van der Waals surface area contributed by atoms with E-state index in [4.69, 9.17) is 28.4 Å². The summed E-state index contributed by atoms with van der Waals surface area (Å²) in [4.78, 5) is 13.2. The number of allylic oxidation sites excluding steroid dienone is 5. The van der Waals surface area contributed by atoms with Gasteiger partial charge in [-0.25, -0.2) is 0 Å². The maximum atomic E-state index is 13.2. The summed E-state index contributed by atoms with van der Waals surface area (Å²) in [7, 11) is 0. The molecule has 0 spiro atoms. The molecule has 1 amide bonds. The van der Waals surface area contributed by atoms with Crippen molar-refractivity contribution in [3.05, 3.63) is 36.5 Å². The van der Waals surface area contributed by atoms with Crippen molar-refractivity contribution >= 4 is 5.91 Å². The molecule has 17 unspecified atom stereocenters. The third-order valence-corrected chi connectivity index (χ3v) is 13.4. The Morgan fingerprint density at radius 3 is 1.41 bits per heavy atom. The Bertz CT molecular complexity index is 1450. The molecule has 3 heterocycles. The van der Waals surface area contributed by atoms with Gasteiger partial charge in [0.15, 0.2) is 18.9 Å². The van der Waals surface area contributed by atoms with E-state index in [0.717, 1.165) is 44.9 Å². The van der Waals surface area contributed by atoms with E-state index in [1.807, 2.05) is 6.08 Å². The lowest BCUT2D eigenvalue weighted by Gasteiger charge is -2.48. The van der Waals surface area contributed by atoms with Crippen LogP contribution >= 0.6 is 0 Å². The van der Waals surface area contributed by atoms with Gasteiger partial charge in [-0.05, 0) is 44.9 Å². The SMILES string of the molecule is CCCCC/C=C/CC/C=C/CC/C=C/C(O)C(COC1OC(CO)C(OC2OC(CO)C(OC3OC(CO)C(O)C(O)C3O)C(O)C2O)C(O)C1O)NC(=O)CCCCCCCCCCCCCCC. The average Bonchev–Trinajstić information content (AvgIpc) is 3.36. The summed E-state index contributed by atoms with van der Waals surface area (Å²) in [5, 5.41) is 120. The van der Waals surface area contributed by atoms with E-state index < -0.39 is 124 Å². The standard InChI is InChI=1S/C52H93NO18/c1-3-5-7-9-11-13-15-17-19-21-23-25-27-29-36(57)35(53-40(58)30-28-26-24-22-20-18-16-14-12-10-8-6-4-2)34-66-50-46(64)43(61)48(38(32-55)68-50)71-52-47(65)44(62)49(39(33-56)69-52)70-51-45(63)42(60)41(59)37(31-54)67-51/h11,13,19,21,27,29,35-39,41-52,54-57,59-65H,3-10,12,14-18,20,22-26,28,30-34H2,1-2H3,(H,53,58)/b13-11+,21-19+,29-27+. The molecule has 3 saturated heterocycles. The van der Waals surface area contributed by atoms with Crippen molar-refractivity contribution in [1.82, 2.24) is 5.32 Å². The molecule has 0 aliphatic carbocycles. The molecule has 19 nitrogen and oxygen atoms in total. The van der Waals surface area contributed by atoms with Crippen LogP contribution in [0.2, 0.25) is 0 Å². The van der Waals surface area contributed by atoms with Crippen LogP contribution in [-0.4, -0.2) is 193 Å². The number of aliphatic hydroxyl groups excluding tert-OH is 11. The smallest absolute Gasteiger partial charge is 0.220 e. The van der Waals surface area contributed by atoms with E-state index in [1.165, 1.54) is 77.0 Å². The minimum absolute atomic E-state index is 0.234. The molecule has 3 aliphatic heterocycles. The highest BCUT2D eigenvalue weighted by Crippen LogP contribution is 2.33.